The quantitative estimate of drug-likeness (QED) is 0.451. The summed E-state index contributed by atoms with van der Waals surface area (Å²) >= 11 is 0. The van der Waals surface area contributed by atoms with Crippen molar-refractivity contribution in [2.24, 2.45) is 10.9 Å². The first-order chi connectivity index (χ1) is 10.2. The highest BCUT2D eigenvalue weighted by atomic mass is 127. The van der Waals surface area contributed by atoms with Crippen molar-refractivity contribution in [2.45, 2.75) is 20.4 Å². The average Bonchev–Trinajstić information content (AvgIpc) is 3.02. The van der Waals surface area contributed by atoms with Gasteiger partial charge in [0.2, 0.25) is 0 Å². The highest BCUT2D eigenvalue weighted by Crippen LogP contribution is 2.08. The van der Waals surface area contributed by atoms with Gasteiger partial charge < -0.3 is 10.6 Å². The lowest BCUT2D eigenvalue weighted by atomic mass is 10.2. The Balaban J connectivity index is 0.00000242. The zero-order chi connectivity index (χ0) is 15.1. The van der Waals surface area contributed by atoms with E-state index in [1.807, 2.05) is 16.9 Å². The lowest BCUT2D eigenvalue weighted by Crippen LogP contribution is -2.38. The van der Waals surface area contributed by atoms with Crippen molar-refractivity contribution in [3.05, 3.63) is 48.3 Å². The molecule has 0 fully saturated rings. The van der Waals surface area contributed by atoms with Crippen LogP contribution in [0.1, 0.15) is 19.4 Å². The van der Waals surface area contributed by atoms with Crippen LogP contribution < -0.4 is 10.6 Å². The molecule has 0 aliphatic rings. The molecule has 0 saturated heterocycles. The average molecular weight is 413 g/mol. The van der Waals surface area contributed by atoms with Crippen LogP contribution in [0, 0.1) is 5.92 Å². The second-order valence-corrected chi connectivity index (χ2v) is 5.32. The van der Waals surface area contributed by atoms with Gasteiger partial charge in [-0.1, -0.05) is 26.0 Å². The molecule has 2 rings (SSSR count). The van der Waals surface area contributed by atoms with E-state index in [1.54, 1.807) is 13.2 Å². The van der Waals surface area contributed by atoms with Gasteiger partial charge in [0.05, 0.1) is 5.69 Å². The van der Waals surface area contributed by atoms with Gasteiger partial charge in [-0.2, -0.15) is 5.10 Å². The predicted octanol–water partition coefficient (Wildman–Crippen LogP) is 2.81. The largest absolute Gasteiger partial charge is 0.356 e. The van der Waals surface area contributed by atoms with E-state index in [2.05, 4.69) is 58.8 Å². The Morgan fingerprint density at radius 2 is 1.95 bits per heavy atom. The Labute approximate surface area is 149 Å². The van der Waals surface area contributed by atoms with Crippen LogP contribution in [0.4, 0.5) is 0 Å². The van der Waals surface area contributed by atoms with Crippen molar-refractivity contribution in [2.75, 3.05) is 13.6 Å². The Bertz CT molecular complexity index is 561. The summed E-state index contributed by atoms with van der Waals surface area (Å²) in [5.74, 6) is 1.43. The molecule has 1 heterocycles. The first-order valence-corrected chi connectivity index (χ1v) is 7.22. The van der Waals surface area contributed by atoms with Gasteiger partial charge in [-0.15, -0.1) is 24.0 Å². The van der Waals surface area contributed by atoms with E-state index in [1.165, 1.54) is 5.56 Å². The van der Waals surface area contributed by atoms with E-state index < -0.39 is 0 Å². The topological polar surface area (TPSA) is 54.2 Å². The molecule has 1 aromatic heterocycles. The summed E-state index contributed by atoms with van der Waals surface area (Å²) in [5.41, 5.74) is 2.27. The first kappa shape index (κ1) is 18.5. The maximum atomic E-state index is 4.22. The van der Waals surface area contributed by atoms with Crippen molar-refractivity contribution in [1.82, 2.24) is 20.4 Å². The number of hydrogen-bond acceptors (Lipinski definition) is 2. The standard InChI is InChI=1S/C16H23N5.HI/c1-13(2)11-18-16(17-3)19-12-14-5-7-15(8-6-14)21-10-4-9-20-21;/h4-10,13H,11-12H2,1-3H3,(H2,17,18,19);1H. The van der Waals surface area contributed by atoms with E-state index >= 15 is 0 Å². The summed E-state index contributed by atoms with van der Waals surface area (Å²) in [6, 6.07) is 10.2. The minimum Gasteiger partial charge on any atom is -0.356 e. The molecule has 1 aromatic carbocycles. The molecule has 2 aromatic rings. The van der Waals surface area contributed by atoms with Gasteiger partial charge in [-0.3, -0.25) is 4.99 Å². The number of nitrogens with zero attached hydrogens (tertiary/aromatic N) is 3. The van der Waals surface area contributed by atoms with Crippen molar-refractivity contribution in [3.63, 3.8) is 0 Å². The zero-order valence-corrected chi connectivity index (χ0v) is 15.6. The SMILES string of the molecule is CN=C(NCc1ccc(-n2cccn2)cc1)NCC(C)C.I. The van der Waals surface area contributed by atoms with Crippen molar-refractivity contribution in [1.29, 1.82) is 0 Å². The predicted molar refractivity (Wildman–Crippen MR) is 102 cm³/mol. The Hall–Kier alpha value is -1.57. The van der Waals surface area contributed by atoms with Crippen LogP contribution in [0.2, 0.25) is 0 Å². The third kappa shape index (κ3) is 5.67. The maximum absolute atomic E-state index is 4.22. The molecule has 6 heteroatoms. The van der Waals surface area contributed by atoms with Gasteiger partial charge in [0.15, 0.2) is 5.96 Å². The molecule has 0 unspecified atom stereocenters. The monoisotopic (exact) mass is 413 g/mol. The van der Waals surface area contributed by atoms with Crippen LogP contribution in [-0.2, 0) is 6.54 Å². The molecule has 0 radical (unpaired) electrons. The number of benzene rings is 1. The molecule has 22 heavy (non-hydrogen) atoms. The van der Waals surface area contributed by atoms with Gasteiger partial charge in [0.1, 0.15) is 0 Å². The number of halogens is 1. The number of hydrogen-bond donors (Lipinski definition) is 2. The van der Waals surface area contributed by atoms with E-state index in [9.17, 15) is 0 Å². The Morgan fingerprint density at radius 1 is 1.23 bits per heavy atom. The van der Waals surface area contributed by atoms with Crippen LogP contribution in [0.3, 0.4) is 0 Å². The molecule has 0 saturated carbocycles. The minimum atomic E-state index is 0. The van der Waals surface area contributed by atoms with E-state index in [-0.39, 0.29) is 24.0 Å². The molecule has 2 N–H and O–H groups in total. The fraction of sp³-hybridized carbons (Fsp3) is 0.375. The number of guanidine groups is 1. The molecule has 0 aliphatic heterocycles. The fourth-order valence-electron chi connectivity index (χ4n) is 1.90. The normalized spacial score (nSPS) is 11.2. The molecule has 120 valence electrons. The molecule has 0 atom stereocenters. The number of aromatic nitrogens is 2. The highest BCUT2D eigenvalue weighted by molar-refractivity contribution is 14.0. The van der Waals surface area contributed by atoms with Gasteiger partial charge in [-0.25, -0.2) is 4.68 Å². The summed E-state index contributed by atoms with van der Waals surface area (Å²) in [4.78, 5) is 4.21. The van der Waals surface area contributed by atoms with Crippen LogP contribution in [-0.4, -0.2) is 29.3 Å². The Kier molecular flexibility index (Phi) is 7.94. The van der Waals surface area contributed by atoms with Crippen molar-refractivity contribution < 1.29 is 0 Å². The van der Waals surface area contributed by atoms with E-state index in [0.29, 0.717) is 5.92 Å². The van der Waals surface area contributed by atoms with E-state index in [4.69, 9.17) is 0 Å². The lowest BCUT2D eigenvalue weighted by molar-refractivity contribution is 0.614. The zero-order valence-electron chi connectivity index (χ0n) is 13.3. The second kappa shape index (κ2) is 9.45. The molecule has 0 bridgehead atoms. The molecule has 0 amide bonds. The second-order valence-electron chi connectivity index (χ2n) is 5.32. The van der Waals surface area contributed by atoms with Crippen LogP contribution in [0.15, 0.2) is 47.7 Å². The van der Waals surface area contributed by atoms with Crippen LogP contribution in [0.25, 0.3) is 5.69 Å². The number of rotatable bonds is 5. The summed E-state index contributed by atoms with van der Waals surface area (Å²) in [5, 5.41) is 10.8. The molecule has 5 nitrogen and oxygen atoms in total. The summed E-state index contributed by atoms with van der Waals surface area (Å²) in [6.07, 6.45) is 3.71. The third-order valence-corrected chi connectivity index (χ3v) is 3.07. The summed E-state index contributed by atoms with van der Waals surface area (Å²) in [6.45, 7) is 6.01. The molecular weight excluding hydrogens is 389 g/mol. The van der Waals surface area contributed by atoms with Gasteiger partial charge in [-0.05, 0) is 29.7 Å². The van der Waals surface area contributed by atoms with E-state index in [0.717, 1.165) is 24.7 Å². The Morgan fingerprint density at radius 3 is 2.50 bits per heavy atom. The van der Waals surface area contributed by atoms with Gasteiger partial charge in [0.25, 0.3) is 0 Å². The number of aliphatic imine (C=N–C) groups is 1. The minimum absolute atomic E-state index is 0. The maximum Gasteiger partial charge on any atom is 0.191 e. The molecule has 0 aliphatic carbocycles. The summed E-state index contributed by atoms with van der Waals surface area (Å²) in [7, 11) is 1.79. The lowest BCUT2D eigenvalue weighted by Gasteiger charge is -2.13. The number of nitrogens with one attached hydrogen (secondary N) is 2. The highest BCUT2D eigenvalue weighted by Gasteiger charge is 2.01. The molecular formula is C16H24IN5. The first-order valence-electron chi connectivity index (χ1n) is 7.22. The van der Waals surface area contributed by atoms with Crippen molar-refractivity contribution in [3.8, 4) is 5.69 Å². The third-order valence-electron chi connectivity index (χ3n) is 3.07. The van der Waals surface area contributed by atoms with Crippen LogP contribution in [0.5, 0.6) is 0 Å². The summed E-state index contributed by atoms with van der Waals surface area (Å²) < 4.78 is 1.85. The van der Waals surface area contributed by atoms with Crippen molar-refractivity contribution >= 4 is 29.9 Å². The smallest absolute Gasteiger partial charge is 0.191 e. The van der Waals surface area contributed by atoms with Crippen LogP contribution >= 0.6 is 24.0 Å². The fourth-order valence-corrected chi connectivity index (χ4v) is 1.90. The van der Waals surface area contributed by atoms with Gasteiger partial charge >= 0.3 is 0 Å². The molecule has 0 spiro atoms. The van der Waals surface area contributed by atoms with Gasteiger partial charge in [0, 0.05) is 32.5 Å².